The fourth-order valence-electron chi connectivity index (χ4n) is 2.63. The number of nitrogens with zero attached hydrogens (tertiary/aromatic N) is 4. The molecule has 1 aliphatic heterocycles. The highest BCUT2D eigenvalue weighted by molar-refractivity contribution is 5.75. The van der Waals surface area contributed by atoms with Crippen LogP contribution in [0.4, 0.5) is 0 Å². The lowest BCUT2D eigenvalue weighted by atomic mass is 9.77. The highest BCUT2D eigenvalue weighted by Gasteiger charge is 2.40. The summed E-state index contributed by atoms with van der Waals surface area (Å²) in [5.74, 6) is -0.654. The first kappa shape index (κ1) is 13.0. The van der Waals surface area contributed by atoms with Gasteiger partial charge in [-0.2, -0.15) is 0 Å². The molecule has 1 aromatic heterocycles. The number of carboxylic acid groups (broad SMARTS) is 1. The standard InChI is InChI=1S/C12H20N4O2/c1-2-12(11(17)18)4-3-5-15(8-12)6-7-16-9-13-14-10-16/h9-10H,2-8H2,1H3,(H,17,18). The summed E-state index contributed by atoms with van der Waals surface area (Å²) in [4.78, 5) is 13.7. The van der Waals surface area contributed by atoms with Crippen LogP contribution in [0.1, 0.15) is 26.2 Å². The Morgan fingerprint density at radius 1 is 1.39 bits per heavy atom. The van der Waals surface area contributed by atoms with Gasteiger partial charge in [0, 0.05) is 19.6 Å². The van der Waals surface area contributed by atoms with Gasteiger partial charge < -0.3 is 14.6 Å². The van der Waals surface area contributed by atoms with E-state index in [-0.39, 0.29) is 0 Å². The van der Waals surface area contributed by atoms with Crippen LogP contribution in [-0.2, 0) is 11.3 Å². The van der Waals surface area contributed by atoms with Crippen molar-refractivity contribution < 1.29 is 9.90 Å². The van der Waals surface area contributed by atoms with E-state index in [0.717, 1.165) is 32.5 Å². The molecule has 0 bridgehead atoms. The van der Waals surface area contributed by atoms with E-state index >= 15 is 0 Å². The van der Waals surface area contributed by atoms with Crippen molar-refractivity contribution in [1.29, 1.82) is 0 Å². The zero-order valence-electron chi connectivity index (χ0n) is 10.7. The van der Waals surface area contributed by atoms with Crippen LogP contribution >= 0.6 is 0 Å². The predicted molar refractivity (Wildman–Crippen MR) is 66.1 cm³/mol. The van der Waals surface area contributed by atoms with Crippen LogP contribution in [0.15, 0.2) is 12.7 Å². The van der Waals surface area contributed by atoms with Gasteiger partial charge in [0.15, 0.2) is 0 Å². The second kappa shape index (κ2) is 5.48. The molecule has 1 saturated heterocycles. The summed E-state index contributed by atoms with van der Waals surface area (Å²) in [6.45, 7) is 5.27. The molecule has 6 heteroatoms. The van der Waals surface area contributed by atoms with Gasteiger partial charge in [0.2, 0.25) is 0 Å². The number of hydrogen-bond donors (Lipinski definition) is 1. The van der Waals surface area contributed by atoms with Crippen LogP contribution in [0.3, 0.4) is 0 Å². The van der Waals surface area contributed by atoms with E-state index in [1.807, 2.05) is 11.5 Å². The normalized spacial score (nSPS) is 25.2. The number of rotatable bonds is 5. The van der Waals surface area contributed by atoms with Gasteiger partial charge in [0.1, 0.15) is 12.7 Å². The average molecular weight is 252 g/mol. The molecule has 1 aromatic rings. The summed E-state index contributed by atoms with van der Waals surface area (Å²) in [6.07, 6.45) is 5.83. The smallest absolute Gasteiger partial charge is 0.310 e. The third kappa shape index (κ3) is 2.69. The summed E-state index contributed by atoms with van der Waals surface area (Å²) >= 11 is 0. The largest absolute Gasteiger partial charge is 0.481 e. The topological polar surface area (TPSA) is 71.2 Å². The number of hydrogen-bond acceptors (Lipinski definition) is 4. The van der Waals surface area contributed by atoms with E-state index in [9.17, 15) is 9.90 Å². The number of carbonyl (C=O) groups is 1. The Labute approximate surface area is 107 Å². The highest BCUT2D eigenvalue weighted by atomic mass is 16.4. The first-order valence-corrected chi connectivity index (χ1v) is 6.44. The lowest BCUT2D eigenvalue weighted by Crippen LogP contribution is -2.48. The molecular formula is C12H20N4O2. The van der Waals surface area contributed by atoms with E-state index in [2.05, 4.69) is 15.1 Å². The Balaban J connectivity index is 1.92. The van der Waals surface area contributed by atoms with Gasteiger partial charge in [0.05, 0.1) is 5.41 Å². The van der Waals surface area contributed by atoms with Crippen LogP contribution in [0, 0.1) is 5.41 Å². The molecule has 1 N–H and O–H groups in total. The van der Waals surface area contributed by atoms with Crippen LogP contribution in [-0.4, -0.2) is 50.4 Å². The maximum Gasteiger partial charge on any atom is 0.310 e. The number of aliphatic carboxylic acids is 1. The fraction of sp³-hybridized carbons (Fsp3) is 0.750. The van der Waals surface area contributed by atoms with Crippen molar-refractivity contribution in [2.75, 3.05) is 19.6 Å². The quantitative estimate of drug-likeness (QED) is 0.841. The zero-order chi connectivity index (χ0) is 13.0. The molecule has 1 atom stereocenters. The minimum Gasteiger partial charge on any atom is -0.481 e. The van der Waals surface area contributed by atoms with Crippen molar-refractivity contribution in [3.8, 4) is 0 Å². The molecule has 0 aromatic carbocycles. The first-order valence-electron chi connectivity index (χ1n) is 6.44. The lowest BCUT2D eigenvalue weighted by Gasteiger charge is -2.39. The van der Waals surface area contributed by atoms with Gasteiger partial charge in [0.25, 0.3) is 0 Å². The fourth-order valence-corrected chi connectivity index (χ4v) is 2.63. The highest BCUT2D eigenvalue weighted by Crippen LogP contribution is 2.33. The van der Waals surface area contributed by atoms with E-state index in [0.29, 0.717) is 13.0 Å². The van der Waals surface area contributed by atoms with E-state index in [4.69, 9.17) is 0 Å². The monoisotopic (exact) mass is 252 g/mol. The molecule has 100 valence electrons. The number of piperidine rings is 1. The third-order valence-electron chi connectivity index (χ3n) is 3.93. The summed E-state index contributed by atoms with van der Waals surface area (Å²) in [5, 5.41) is 16.9. The Morgan fingerprint density at radius 3 is 2.72 bits per heavy atom. The molecule has 0 spiro atoms. The van der Waals surface area contributed by atoms with Crippen molar-refractivity contribution in [2.45, 2.75) is 32.7 Å². The molecule has 2 heterocycles. The van der Waals surface area contributed by atoms with Crippen molar-refractivity contribution >= 4 is 5.97 Å². The summed E-state index contributed by atoms with van der Waals surface area (Å²) < 4.78 is 1.92. The SMILES string of the molecule is CCC1(C(=O)O)CCCN(CCn2cnnc2)C1. The van der Waals surface area contributed by atoms with E-state index in [1.165, 1.54) is 0 Å². The molecule has 18 heavy (non-hydrogen) atoms. The molecule has 2 rings (SSSR count). The van der Waals surface area contributed by atoms with Crippen LogP contribution < -0.4 is 0 Å². The number of aromatic nitrogens is 3. The van der Waals surface area contributed by atoms with Gasteiger partial charge >= 0.3 is 5.97 Å². The van der Waals surface area contributed by atoms with Crippen molar-refractivity contribution in [3.63, 3.8) is 0 Å². The maximum atomic E-state index is 11.4. The van der Waals surface area contributed by atoms with Crippen LogP contribution in [0.25, 0.3) is 0 Å². The second-order valence-corrected chi connectivity index (χ2v) is 5.02. The van der Waals surface area contributed by atoms with Crippen LogP contribution in [0.5, 0.6) is 0 Å². The Hall–Kier alpha value is -1.43. The van der Waals surface area contributed by atoms with E-state index in [1.54, 1.807) is 12.7 Å². The molecular weight excluding hydrogens is 232 g/mol. The van der Waals surface area contributed by atoms with Gasteiger partial charge in [-0.05, 0) is 25.8 Å². The van der Waals surface area contributed by atoms with Gasteiger partial charge in [-0.25, -0.2) is 0 Å². The number of carboxylic acids is 1. The summed E-state index contributed by atoms with van der Waals surface area (Å²) in [5.41, 5.74) is -0.550. The predicted octanol–water partition coefficient (Wildman–Crippen LogP) is 0.855. The summed E-state index contributed by atoms with van der Waals surface area (Å²) in [6, 6.07) is 0. The third-order valence-corrected chi connectivity index (χ3v) is 3.93. The van der Waals surface area contributed by atoms with E-state index < -0.39 is 11.4 Å². The molecule has 1 aliphatic rings. The van der Waals surface area contributed by atoms with Crippen molar-refractivity contribution in [2.24, 2.45) is 5.41 Å². The number of likely N-dealkylation sites (tertiary alicyclic amines) is 1. The lowest BCUT2D eigenvalue weighted by molar-refractivity contribution is -0.152. The molecule has 1 unspecified atom stereocenters. The minimum atomic E-state index is -0.654. The Bertz CT molecular complexity index is 393. The molecule has 0 saturated carbocycles. The zero-order valence-corrected chi connectivity index (χ0v) is 10.7. The van der Waals surface area contributed by atoms with Gasteiger partial charge in [-0.15, -0.1) is 10.2 Å². The van der Waals surface area contributed by atoms with Crippen molar-refractivity contribution in [1.82, 2.24) is 19.7 Å². The molecule has 0 aliphatic carbocycles. The first-order chi connectivity index (χ1) is 8.66. The Morgan fingerprint density at radius 2 is 2.11 bits per heavy atom. The Kier molecular flexibility index (Phi) is 3.96. The molecule has 0 amide bonds. The maximum absolute atomic E-state index is 11.4. The second-order valence-electron chi connectivity index (χ2n) is 5.02. The molecule has 0 radical (unpaired) electrons. The van der Waals surface area contributed by atoms with Gasteiger partial charge in [-0.3, -0.25) is 4.79 Å². The minimum absolute atomic E-state index is 0.550. The van der Waals surface area contributed by atoms with Crippen molar-refractivity contribution in [3.05, 3.63) is 12.7 Å². The summed E-state index contributed by atoms with van der Waals surface area (Å²) in [7, 11) is 0. The average Bonchev–Trinajstić information content (AvgIpc) is 2.89. The van der Waals surface area contributed by atoms with Crippen LogP contribution in [0.2, 0.25) is 0 Å². The molecule has 6 nitrogen and oxygen atoms in total. The molecule has 1 fully saturated rings. The van der Waals surface area contributed by atoms with Gasteiger partial charge in [-0.1, -0.05) is 6.92 Å².